The Hall–Kier alpha value is -1.32. The minimum absolute atomic E-state index is 0.594. The third-order valence-corrected chi connectivity index (χ3v) is 4.55. The minimum atomic E-state index is 0.594. The first-order valence-corrected chi connectivity index (χ1v) is 7.91. The number of benzene rings is 1. The Balaban J connectivity index is 1.80. The van der Waals surface area contributed by atoms with Gasteiger partial charge in [-0.3, -0.25) is 0 Å². The normalized spacial score (nSPS) is 19.9. The Bertz CT molecular complexity index is 499. The molecule has 1 atom stereocenters. The summed E-state index contributed by atoms with van der Waals surface area (Å²) in [4.78, 5) is 1.34. The summed E-state index contributed by atoms with van der Waals surface area (Å²) in [6.45, 7) is 2.28. The Morgan fingerprint density at radius 2 is 2.00 bits per heavy atom. The summed E-state index contributed by atoms with van der Waals surface area (Å²) in [6.07, 6.45) is 3.73. The van der Waals surface area contributed by atoms with Crippen molar-refractivity contribution in [2.24, 2.45) is 0 Å². The molecule has 1 fully saturated rings. The fourth-order valence-corrected chi connectivity index (χ4v) is 3.40. The Labute approximate surface area is 118 Å². The second kappa shape index (κ2) is 6.22. The summed E-state index contributed by atoms with van der Waals surface area (Å²) in [5, 5.41) is 9.35. The molecule has 2 nitrogen and oxygen atoms in total. The molecule has 2 N–H and O–H groups in total. The molecule has 1 aliphatic heterocycles. The molecule has 3 heteroatoms. The number of hydrogen-bond acceptors (Lipinski definition) is 3. The van der Waals surface area contributed by atoms with Crippen LogP contribution in [-0.2, 0) is 0 Å². The molecule has 0 radical (unpaired) electrons. The third-order valence-electron chi connectivity index (χ3n) is 3.65. The first-order valence-electron chi connectivity index (χ1n) is 7.03. The molecule has 0 saturated carbocycles. The van der Waals surface area contributed by atoms with Crippen LogP contribution in [0.25, 0.3) is 10.4 Å². The van der Waals surface area contributed by atoms with Gasteiger partial charge in [0.1, 0.15) is 0 Å². The Morgan fingerprint density at radius 1 is 1.05 bits per heavy atom. The molecule has 100 valence electrons. The van der Waals surface area contributed by atoms with Crippen molar-refractivity contribution in [1.29, 1.82) is 0 Å². The average molecular weight is 272 g/mol. The number of nitrogens with one attached hydrogen (secondary N) is 2. The summed E-state index contributed by atoms with van der Waals surface area (Å²) in [6, 6.07) is 13.6. The van der Waals surface area contributed by atoms with Gasteiger partial charge in [0.25, 0.3) is 0 Å². The van der Waals surface area contributed by atoms with Crippen LogP contribution < -0.4 is 10.6 Å². The molecule has 1 aliphatic rings. The van der Waals surface area contributed by atoms with Crippen LogP contribution >= 0.6 is 11.3 Å². The number of rotatable bonds is 3. The van der Waals surface area contributed by atoms with Gasteiger partial charge in [0, 0.05) is 22.2 Å². The fraction of sp³-hybridized carbons (Fsp3) is 0.375. The molecule has 1 aromatic heterocycles. The Kier molecular flexibility index (Phi) is 4.16. The highest BCUT2D eigenvalue weighted by Gasteiger charge is 2.13. The summed E-state index contributed by atoms with van der Waals surface area (Å²) in [5.41, 5.74) is 2.60. The van der Waals surface area contributed by atoms with E-state index in [1.54, 1.807) is 11.3 Å². The number of anilines is 1. The van der Waals surface area contributed by atoms with Crippen molar-refractivity contribution in [2.45, 2.75) is 25.3 Å². The highest BCUT2D eigenvalue weighted by Crippen LogP contribution is 2.32. The van der Waals surface area contributed by atoms with E-state index >= 15 is 0 Å². The Morgan fingerprint density at radius 3 is 2.89 bits per heavy atom. The quantitative estimate of drug-likeness (QED) is 0.883. The lowest BCUT2D eigenvalue weighted by atomic mass is 10.1. The highest BCUT2D eigenvalue weighted by molar-refractivity contribution is 7.13. The van der Waals surface area contributed by atoms with Gasteiger partial charge in [-0.25, -0.2) is 0 Å². The maximum absolute atomic E-state index is 3.74. The van der Waals surface area contributed by atoms with Crippen LogP contribution in [0.2, 0.25) is 0 Å². The van der Waals surface area contributed by atoms with E-state index < -0.39 is 0 Å². The monoisotopic (exact) mass is 272 g/mol. The lowest BCUT2D eigenvalue weighted by Crippen LogP contribution is -2.21. The molecular weight excluding hydrogens is 252 g/mol. The van der Waals surface area contributed by atoms with Crippen LogP contribution in [0.15, 0.2) is 41.8 Å². The van der Waals surface area contributed by atoms with Gasteiger partial charge in [-0.2, -0.15) is 0 Å². The molecule has 1 aromatic carbocycles. The lowest BCUT2D eigenvalue weighted by molar-refractivity contribution is 0.638. The van der Waals surface area contributed by atoms with Gasteiger partial charge >= 0.3 is 0 Å². The van der Waals surface area contributed by atoms with Gasteiger partial charge in [0.2, 0.25) is 0 Å². The van der Waals surface area contributed by atoms with E-state index in [2.05, 4.69) is 52.4 Å². The van der Waals surface area contributed by atoms with Gasteiger partial charge in [-0.05, 0) is 49.9 Å². The van der Waals surface area contributed by atoms with Gasteiger partial charge in [-0.1, -0.05) is 24.3 Å². The van der Waals surface area contributed by atoms with Gasteiger partial charge in [-0.15, -0.1) is 11.3 Å². The first kappa shape index (κ1) is 12.7. The fourth-order valence-electron chi connectivity index (χ4n) is 2.64. The van der Waals surface area contributed by atoms with E-state index in [9.17, 15) is 0 Å². The van der Waals surface area contributed by atoms with Crippen molar-refractivity contribution in [3.63, 3.8) is 0 Å². The van der Waals surface area contributed by atoms with Crippen molar-refractivity contribution >= 4 is 17.0 Å². The maximum atomic E-state index is 3.74. The first-order chi connectivity index (χ1) is 9.43. The SMILES string of the molecule is c1csc(-c2ccccc2NC2CCCNCC2)c1. The molecule has 1 saturated heterocycles. The summed E-state index contributed by atoms with van der Waals surface area (Å²) >= 11 is 1.80. The molecule has 0 amide bonds. The summed E-state index contributed by atoms with van der Waals surface area (Å²) in [7, 11) is 0. The van der Waals surface area contributed by atoms with E-state index in [1.165, 1.54) is 35.4 Å². The van der Waals surface area contributed by atoms with Crippen LogP contribution in [0.3, 0.4) is 0 Å². The van der Waals surface area contributed by atoms with Crippen LogP contribution in [0.4, 0.5) is 5.69 Å². The molecular formula is C16H20N2S. The summed E-state index contributed by atoms with van der Waals surface area (Å²) in [5.74, 6) is 0. The smallest absolute Gasteiger partial charge is 0.0430 e. The van der Waals surface area contributed by atoms with Crippen molar-refractivity contribution in [3.05, 3.63) is 41.8 Å². The molecule has 1 unspecified atom stereocenters. The largest absolute Gasteiger partial charge is 0.382 e. The van der Waals surface area contributed by atoms with Gasteiger partial charge in [0.05, 0.1) is 0 Å². The number of para-hydroxylation sites is 1. The zero-order chi connectivity index (χ0) is 12.9. The van der Waals surface area contributed by atoms with E-state index in [-0.39, 0.29) is 0 Å². The standard InChI is InChI=1S/C16H20N2S/c1-2-7-15(14(6-1)16-8-4-12-19-16)18-13-5-3-10-17-11-9-13/h1-2,4,6-8,12-13,17-18H,3,5,9-11H2. The molecule has 19 heavy (non-hydrogen) atoms. The summed E-state index contributed by atoms with van der Waals surface area (Å²) < 4.78 is 0. The van der Waals surface area contributed by atoms with E-state index in [0.717, 1.165) is 13.1 Å². The molecule has 0 aliphatic carbocycles. The van der Waals surface area contributed by atoms with Crippen molar-refractivity contribution < 1.29 is 0 Å². The zero-order valence-electron chi connectivity index (χ0n) is 11.1. The van der Waals surface area contributed by atoms with E-state index in [0.29, 0.717) is 6.04 Å². The maximum Gasteiger partial charge on any atom is 0.0430 e. The van der Waals surface area contributed by atoms with E-state index in [1.807, 2.05) is 0 Å². The van der Waals surface area contributed by atoms with Crippen LogP contribution in [0, 0.1) is 0 Å². The minimum Gasteiger partial charge on any atom is -0.382 e. The molecule has 0 spiro atoms. The number of hydrogen-bond donors (Lipinski definition) is 2. The molecule has 2 heterocycles. The molecule has 0 bridgehead atoms. The molecule has 2 aromatic rings. The van der Waals surface area contributed by atoms with Gasteiger partial charge in [0.15, 0.2) is 0 Å². The predicted molar refractivity (Wildman–Crippen MR) is 83.9 cm³/mol. The zero-order valence-corrected chi connectivity index (χ0v) is 11.9. The van der Waals surface area contributed by atoms with Crippen molar-refractivity contribution in [3.8, 4) is 10.4 Å². The predicted octanol–water partition coefficient (Wildman–Crippen LogP) is 3.97. The second-order valence-corrected chi connectivity index (χ2v) is 5.99. The highest BCUT2D eigenvalue weighted by atomic mass is 32.1. The van der Waals surface area contributed by atoms with Crippen LogP contribution in [0.1, 0.15) is 19.3 Å². The van der Waals surface area contributed by atoms with Crippen LogP contribution in [0.5, 0.6) is 0 Å². The van der Waals surface area contributed by atoms with Gasteiger partial charge < -0.3 is 10.6 Å². The second-order valence-electron chi connectivity index (χ2n) is 5.05. The van der Waals surface area contributed by atoms with Crippen molar-refractivity contribution in [2.75, 3.05) is 18.4 Å². The third kappa shape index (κ3) is 3.17. The van der Waals surface area contributed by atoms with Crippen molar-refractivity contribution in [1.82, 2.24) is 5.32 Å². The lowest BCUT2D eigenvalue weighted by Gasteiger charge is -2.19. The molecule has 3 rings (SSSR count). The van der Waals surface area contributed by atoms with Crippen LogP contribution in [-0.4, -0.2) is 19.1 Å². The average Bonchev–Trinajstić information content (AvgIpc) is 2.85. The number of thiophene rings is 1. The topological polar surface area (TPSA) is 24.1 Å². The van der Waals surface area contributed by atoms with E-state index in [4.69, 9.17) is 0 Å².